The molecule has 1 amide bonds. The van der Waals surface area contributed by atoms with Gasteiger partial charge in [-0.2, -0.15) is 0 Å². The van der Waals surface area contributed by atoms with E-state index in [2.05, 4.69) is 4.98 Å². The number of fused-ring (bicyclic) bond motifs is 2. The van der Waals surface area contributed by atoms with Crippen LogP contribution in [-0.4, -0.2) is 54.3 Å². The summed E-state index contributed by atoms with van der Waals surface area (Å²) in [6.45, 7) is 0.680. The van der Waals surface area contributed by atoms with Crippen LogP contribution < -0.4 is 14.4 Å². The molecule has 4 aromatic rings. The van der Waals surface area contributed by atoms with E-state index in [1.807, 2.05) is 61.5 Å². The van der Waals surface area contributed by atoms with Crippen molar-refractivity contribution in [3.63, 3.8) is 0 Å². The molecule has 1 aliphatic rings. The first-order valence-electron chi connectivity index (χ1n) is 12.0. The highest BCUT2D eigenvalue weighted by atomic mass is 35.5. The smallest absolute Gasteiger partial charge is 0.228 e. The maximum atomic E-state index is 12.6. The monoisotopic (exact) mass is 530 g/mol. The summed E-state index contributed by atoms with van der Waals surface area (Å²) in [5.74, 6) is 1.12. The molecule has 5 rings (SSSR count). The summed E-state index contributed by atoms with van der Waals surface area (Å²) in [5, 5.41) is 12.3. The SMILES string of the molecule is CN(C)CCC(=O)N(C)c1ccc(N=C(c2ccc3c(c2)OC=CO3)c2c(O)[nH]c3cc(Cl)ccc23)cc1. The molecule has 194 valence electrons. The van der Waals surface area contributed by atoms with E-state index in [0.717, 1.165) is 11.1 Å². The van der Waals surface area contributed by atoms with Crippen LogP contribution in [-0.2, 0) is 4.79 Å². The highest BCUT2D eigenvalue weighted by molar-refractivity contribution is 6.31. The number of halogens is 1. The predicted octanol–water partition coefficient (Wildman–Crippen LogP) is 5.85. The first-order valence-corrected chi connectivity index (χ1v) is 12.4. The number of hydrogen-bond acceptors (Lipinski definition) is 6. The van der Waals surface area contributed by atoms with Crippen molar-refractivity contribution >= 4 is 45.5 Å². The Kier molecular flexibility index (Phi) is 7.09. The van der Waals surface area contributed by atoms with Gasteiger partial charge in [0, 0.05) is 41.7 Å². The van der Waals surface area contributed by atoms with Gasteiger partial charge in [-0.3, -0.25) is 4.79 Å². The van der Waals surface area contributed by atoms with Crippen molar-refractivity contribution < 1.29 is 19.4 Å². The van der Waals surface area contributed by atoms with Gasteiger partial charge in [0.1, 0.15) is 12.5 Å². The van der Waals surface area contributed by atoms with Crippen molar-refractivity contribution in [1.82, 2.24) is 9.88 Å². The zero-order chi connectivity index (χ0) is 26.8. The number of carbonyl (C=O) groups excluding carboxylic acids is 1. The summed E-state index contributed by atoms with van der Waals surface area (Å²) in [6.07, 6.45) is 3.36. The molecular weight excluding hydrogens is 504 g/mol. The maximum absolute atomic E-state index is 12.6. The van der Waals surface area contributed by atoms with Crippen molar-refractivity contribution in [1.29, 1.82) is 0 Å². The summed E-state index contributed by atoms with van der Waals surface area (Å²) in [7, 11) is 5.65. The second-order valence-corrected chi connectivity index (χ2v) is 9.63. The molecule has 38 heavy (non-hydrogen) atoms. The Bertz CT molecular complexity index is 1560. The number of nitrogens with zero attached hydrogens (tertiary/aromatic N) is 3. The lowest BCUT2D eigenvalue weighted by atomic mass is 10.00. The molecule has 0 saturated heterocycles. The number of amides is 1. The van der Waals surface area contributed by atoms with Gasteiger partial charge in [0.2, 0.25) is 5.91 Å². The molecular formula is C29H27ClN4O4. The summed E-state index contributed by atoms with van der Waals surface area (Å²) < 4.78 is 11.1. The van der Waals surface area contributed by atoms with E-state index in [1.54, 1.807) is 30.1 Å². The average Bonchev–Trinajstić information content (AvgIpc) is 3.24. The van der Waals surface area contributed by atoms with Crippen molar-refractivity contribution in [2.45, 2.75) is 6.42 Å². The summed E-state index contributed by atoms with van der Waals surface area (Å²) in [5.41, 5.74) is 3.88. The molecule has 8 nitrogen and oxygen atoms in total. The minimum Gasteiger partial charge on any atom is -0.494 e. The van der Waals surface area contributed by atoms with Crippen molar-refractivity contribution in [2.24, 2.45) is 4.99 Å². The third-order valence-electron chi connectivity index (χ3n) is 6.27. The lowest BCUT2D eigenvalue weighted by Gasteiger charge is -2.19. The summed E-state index contributed by atoms with van der Waals surface area (Å²) in [4.78, 5) is 24.1. The molecule has 1 aliphatic heterocycles. The van der Waals surface area contributed by atoms with Crippen LogP contribution in [0.2, 0.25) is 5.02 Å². The Morgan fingerprint density at radius 2 is 1.71 bits per heavy atom. The third kappa shape index (κ3) is 5.22. The van der Waals surface area contributed by atoms with Gasteiger partial charge in [-0.15, -0.1) is 0 Å². The predicted molar refractivity (Wildman–Crippen MR) is 150 cm³/mol. The quantitative estimate of drug-likeness (QED) is 0.292. The van der Waals surface area contributed by atoms with E-state index in [-0.39, 0.29) is 11.8 Å². The second-order valence-electron chi connectivity index (χ2n) is 9.19. The van der Waals surface area contributed by atoms with Crippen molar-refractivity contribution in [3.05, 3.63) is 89.3 Å². The molecule has 9 heteroatoms. The van der Waals surface area contributed by atoms with Gasteiger partial charge < -0.3 is 29.4 Å². The van der Waals surface area contributed by atoms with Gasteiger partial charge in [-0.25, -0.2) is 4.99 Å². The van der Waals surface area contributed by atoms with E-state index in [0.29, 0.717) is 57.5 Å². The molecule has 0 aliphatic carbocycles. The third-order valence-corrected chi connectivity index (χ3v) is 6.50. The first kappa shape index (κ1) is 25.4. The molecule has 0 saturated carbocycles. The molecule has 2 heterocycles. The minimum atomic E-state index is -0.0290. The van der Waals surface area contributed by atoms with Gasteiger partial charge in [0.15, 0.2) is 17.4 Å². The van der Waals surface area contributed by atoms with Crippen LogP contribution in [0.1, 0.15) is 17.5 Å². The number of benzene rings is 3. The minimum absolute atomic E-state index is 0.0290. The fraction of sp³-hybridized carbons (Fsp3) is 0.172. The van der Waals surface area contributed by atoms with Gasteiger partial charge in [0.05, 0.1) is 22.5 Å². The van der Waals surface area contributed by atoms with Crippen molar-refractivity contribution in [2.75, 3.05) is 32.6 Å². The Hall–Kier alpha value is -4.27. The zero-order valence-electron chi connectivity index (χ0n) is 21.2. The summed E-state index contributed by atoms with van der Waals surface area (Å²) in [6, 6.07) is 18.2. The molecule has 0 fully saturated rings. The second kappa shape index (κ2) is 10.6. The topological polar surface area (TPSA) is 90.4 Å². The number of aromatic hydroxyl groups is 1. The standard InChI is InChI=1S/C29H27ClN4O4/c1-33(2)13-12-26(35)34(3)21-8-6-20(7-9-21)31-28(18-4-11-24-25(16-18)38-15-14-37-24)27-22-10-5-19(30)17-23(22)32-29(27)36/h4-11,14-17,32,36H,12-13H2,1-3H3. The normalized spacial score (nSPS) is 12.8. The van der Waals surface area contributed by atoms with Gasteiger partial charge in [-0.1, -0.05) is 17.7 Å². The lowest BCUT2D eigenvalue weighted by Crippen LogP contribution is -2.29. The number of hydrogen-bond donors (Lipinski definition) is 2. The molecule has 2 N–H and O–H groups in total. The fourth-order valence-corrected chi connectivity index (χ4v) is 4.39. The maximum Gasteiger partial charge on any atom is 0.228 e. The number of aromatic nitrogens is 1. The number of H-pyrrole nitrogens is 1. The number of nitrogens with one attached hydrogen (secondary N) is 1. The number of carbonyl (C=O) groups is 1. The van der Waals surface area contributed by atoms with Crippen LogP contribution in [0.4, 0.5) is 11.4 Å². The van der Waals surface area contributed by atoms with Gasteiger partial charge in [-0.05, 0) is 68.7 Å². The van der Waals surface area contributed by atoms with Crippen LogP contribution in [0.15, 0.2) is 78.2 Å². The van der Waals surface area contributed by atoms with Gasteiger partial charge in [0.25, 0.3) is 0 Å². The van der Waals surface area contributed by atoms with E-state index < -0.39 is 0 Å². The molecule has 0 bridgehead atoms. The van der Waals surface area contributed by atoms with E-state index >= 15 is 0 Å². The number of anilines is 1. The van der Waals surface area contributed by atoms with Crippen LogP contribution >= 0.6 is 11.6 Å². The number of ether oxygens (including phenoxy) is 2. The van der Waals surface area contributed by atoms with Crippen LogP contribution in [0.5, 0.6) is 17.4 Å². The number of rotatable bonds is 7. The lowest BCUT2D eigenvalue weighted by molar-refractivity contribution is -0.118. The van der Waals surface area contributed by atoms with Crippen molar-refractivity contribution in [3.8, 4) is 17.4 Å². The Balaban J connectivity index is 1.56. The molecule has 0 atom stereocenters. The van der Waals surface area contributed by atoms with Crippen LogP contribution in [0.3, 0.4) is 0 Å². The van der Waals surface area contributed by atoms with Crippen LogP contribution in [0.25, 0.3) is 10.9 Å². The Morgan fingerprint density at radius 1 is 0.974 bits per heavy atom. The summed E-state index contributed by atoms with van der Waals surface area (Å²) >= 11 is 6.18. The Labute approximate surface area is 225 Å². The highest BCUT2D eigenvalue weighted by Crippen LogP contribution is 2.36. The number of aliphatic imine (C=N–C) groups is 1. The van der Waals surface area contributed by atoms with Crippen LogP contribution in [0, 0.1) is 0 Å². The zero-order valence-corrected chi connectivity index (χ0v) is 22.0. The molecule has 3 aromatic carbocycles. The first-order chi connectivity index (χ1) is 18.3. The molecule has 0 radical (unpaired) electrons. The van der Waals surface area contributed by atoms with E-state index in [9.17, 15) is 9.90 Å². The molecule has 0 unspecified atom stereocenters. The van der Waals surface area contributed by atoms with E-state index in [4.69, 9.17) is 26.1 Å². The highest BCUT2D eigenvalue weighted by Gasteiger charge is 2.21. The largest absolute Gasteiger partial charge is 0.494 e. The van der Waals surface area contributed by atoms with E-state index in [1.165, 1.54) is 12.5 Å². The Morgan fingerprint density at radius 3 is 2.45 bits per heavy atom. The fourth-order valence-electron chi connectivity index (χ4n) is 4.22. The number of aromatic amines is 1. The molecule has 1 aromatic heterocycles. The van der Waals surface area contributed by atoms with Gasteiger partial charge >= 0.3 is 0 Å². The average molecular weight is 531 g/mol. The molecule has 0 spiro atoms.